The van der Waals surface area contributed by atoms with E-state index in [1.807, 2.05) is 0 Å². The number of carbonyl (C=O) groups excluding carboxylic acids is 1. The lowest BCUT2D eigenvalue weighted by atomic mass is 10.1. The Labute approximate surface area is 230 Å². The van der Waals surface area contributed by atoms with Crippen LogP contribution in [-0.4, -0.2) is 29.5 Å². The van der Waals surface area contributed by atoms with Gasteiger partial charge in [-0.2, -0.15) is 0 Å². The van der Waals surface area contributed by atoms with Gasteiger partial charge in [-0.05, 0) is 59.7 Å². The smallest absolute Gasteiger partial charge is 0.497 e. The first-order valence-corrected chi connectivity index (χ1v) is 12.4. The molecule has 4 aromatic rings. The highest BCUT2D eigenvalue weighted by molar-refractivity contribution is 7.98. The Balaban J connectivity index is 1.37. The Kier molecular flexibility index (Phi) is 8.60. The molecule has 0 aliphatic rings. The average molecular weight is 568 g/mol. The van der Waals surface area contributed by atoms with Gasteiger partial charge in [-0.3, -0.25) is 4.79 Å². The van der Waals surface area contributed by atoms with E-state index in [9.17, 15) is 22.8 Å². The van der Waals surface area contributed by atoms with Crippen molar-refractivity contribution in [3.8, 4) is 22.8 Å². The van der Waals surface area contributed by atoms with Gasteiger partial charge in [-0.25, -0.2) is 14.6 Å². The molecular weight excluding hydrogens is 547 g/mol. The number of anilines is 2. The van der Waals surface area contributed by atoms with Crippen LogP contribution < -0.4 is 25.7 Å². The maximum atomic E-state index is 12.5. The molecule has 0 bridgehead atoms. The van der Waals surface area contributed by atoms with Gasteiger partial charge < -0.3 is 25.1 Å². The van der Waals surface area contributed by atoms with Crippen LogP contribution in [0.25, 0.3) is 16.1 Å². The molecule has 0 saturated heterocycles. The highest BCUT2D eigenvalue weighted by Crippen LogP contribution is 2.30. The molecule has 3 aromatic carbocycles. The quantitative estimate of drug-likeness (QED) is 0.122. The minimum atomic E-state index is -4.80. The molecule has 0 spiro atoms. The monoisotopic (exact) mass is 567 g/mol. The standard InChI is InChI=1S/C27H20F3N5O4S/c1-31-23-22(17-4-3-5-21(14-17)38-2)34-26(35-24(23)36)40-15-16-6-8-18(9-7-16)32-25(37)33-19-10-12-20(13-11-19)39-27(28,29)30/h3-14H,15H2,2H3,(H2,32,33,37)(H,34,35,36). The molecule has 9 nitrogen and oxygen atoms in total. The average Bonchev–Trinajstić information content (AvgIpc) is 2.92. The van der Waals surface area contributed by atoms with E-state index in [1.165, 1.54) is 31.0 Å². The minimum absolute atomic E-state index is 0.114. The number of thioether (sulfide) groups is 1. The highest BCUT2D eigenvalue weighted by atomic mass is 32.2. The Morgan fingerprint density at radius 1 is 1.02 bits per heavy atom. The lowest BCUT2D eigenvalue weighted by molar-refractivity contribution is -0.274. The molecule has 1 aromatic heterocycles. The number of H-pyrrole nitrogens is 1. The van der Waals surface area contributed by atoms with Crippen molar-refractivity contribution in [1.82, 2.24) is 9.97 Å². The number of alkyl halides is 3. The predicted molar refractivity (Wildman–Crippen MR) is 145 cm³/mol. The molecule has 0 unspecified atom stereocenters. The summed E-state index contributed by atoms with van der Waals surface area (Å²) in [6.45, 7) is 7.40. The molecule has 0 atom stereocenters. The maximum Gasteiger partial charge on any atom is 0.573 e. The van der Waals surface area contributed by atoms with Crippen LogP contribution in [0.2, 0.25) is 0 Å². The summed E-state index contributed by atoms with van der Waals surface area (Å²) in [5, 5.41) is 5.49. The number of methoxy groups -OCH3 is 1. The van der Waals surface area contributed by atoms with Crippen LogP contribution in [0.15, 0.2) is 82.7 Å². The lowest BCUT2D eigenvalue weighted by Crippen LogP contribution is -2.19. The fraction of sp³-hybridized carbons (Fsp3) is 0.111. The first kappa shape index (κ1) is 28.1. The number of rotatable bonds is 8. The number of hydrogen-bond acceptors (Lipinski definition) is 6. The fourth-order valence-electron chi connectivity index (χ4n) is 3.46. The molecule has 0 fully saturated rings. The third-order valence-electron chi connectivity index (χ3n) is 5.26. The Bertz CT molecular complexity index is 1600. The first-order chi connectivity index (χ1) is 19.1. The number of amides is 2. The zero-order chi connectivity index (χ0) is 28.7. The van der Waals surface area contributed by atoms with Crippen LogP contribution in [0, 0.1) is 6.57 Å². The summed E-state index contributed by atoms with van der Waals surface area (Å²) in [6, 6.07) is 18.0. The molecule has 0 aliphatic carbocycles. The molecule has 4 rings (SSSR count). The molecule has 0 radical (unpaired) electrons. The molecule has 0 aliphatic heterocycles. The number of benzene rings is 3. The van der Waals surface area contributed by atoms with Crippen molar-refractivity contribution in [1.29, 1.82) is 0 Å². The van der Waals surface area contributed by atoms with E-state index in [0.717, 1.165) is 17.7 Å². The number of aromatic amines is 1. The van der Waals surface area contributed by atoms with Gasteiger partial charge in [0.1, 0.15) is 11.5 Å². The second kappa shape index (κ2) is 12.3. The Morgan fingerprint density at radius 2 is 1.68 bits per heavy atom. The summed E-state index contributed by atoms with van der Waals surface area (Å²) < 4.78 is 45.8. The largest absolute Gasteiger partial charge is 0.573 e. The van der Waals surface area contributed by atoms with Crippen molar-refractivity contribution in [2.24, 2.45) is 0 Å². The summed E-state index contributed by atoms with van der Waals surface area (Å²) in [7, 11) is 1.52. The van der Waals surface area contributed by atoms with Crippen LogP contribution in [0.4, 0.5) is 35.0 Å². The van der Waals surface area contributed by atoms with E-state index in [1.54, 1.807) is 48.5 Å². The van der Waals surface area contributed by atoms with Gasteiger partial charge in [0.15, 0.2) is 5.16 Å². The van der Waals surface area contributed by atoms with Gasteiger partial charge >= 0.3 is 12.4 Å². The summed E-state index contributed by atoms with van der Waals surface area (Å²) in [5.74, 6) is 0.613. The zero-order valence-corrected chi connectivity index (χ0v) is 21.5. The normalized spacial score (nSPS) is 10.9. The number of halogens is 3. The summed E-state index contributed by atoms with van der Waals surface area (Å²) in [4.78, 5) is 35.3. The molecular formula is C27H20F3N5O4S. The zero-order valence-electron chi connectivity index (χ0n) is 20.7. The van der Waals surface area contributed by atoms with Gasteiger partial charge in [0.25, 0.3) is 11.2 Å². The van der Waals surface area contributed by atoms with Crippen LogP contribution in [-0.2, 0) is 5.75 Å². The van der Waals surface area contributed by atoms with Crippen molar-refractivity contribution in [2.75, 3.05) is 17.7 Å². The van der Waals surface area contributed by atoms with Gasteiger partial charge in [0.2, 0.25) is 0 Å². The van der Waals surface area contributed by atoms with E-state index in [0.29, 0.717) is 27.9 Å². The number of hydrogen-bond donors (Lipinski definition) is 3. The third kappa shape index (κ3) is 7.55. The second-order valence-electron chi connectivity index (χ2n) is 8.05. The number of ether oxygens (including phenoxy) is 2. The molecule has 13 heteroatoms. The molecule has 3 N–H and O–H groups in total. The van der Waals surface area contributed by atoms with Crippen LogP contribution >= 0.6 is 11.8 Å². The number of nitrogens with zero attached hydrogens (tertiary/aromatic N) is 2. The number of urea groups is 1. The van der Waals surface area contributed by atoms with E-state index in [2.05, 4.69) is 30.2 Å². The van der Waals surface area contributed by atoms with Crippen molar-refractivity contribution in [3.05, 3.63) is 100 Å². The van der Waals surface area contributed by atoms with Crippen LogP contribution in [0.5, 0.6) is 11.5 Å². The SMILES string of the molecule is [C-]#[N+]c1c(-c2cccc(OC)c2)nc(SCc2ccc(NC(=O)Nc3ccc(OC(F)(F)F)cc3)cc2)[nH]c1=O. The van der Waals surface area contributed by atoms with Gasteiger partial charge in [0, 0.05) is 17.1 Å². The van der Waals surface area contributed by atoms with E-state index < -0.39 is 23.7 Å². The van der Waals surface area contributed by atoms with Crippen LogP contribution in [0.3, 0.4) is 0 Å². The number of carbonyl (C=O) groups is 1. The van der Waals surface area contributed by atoms with Crippen molar-refractivity contribution >= 4 is 34.9 Å². The number of nitrogens with one attached hydrogen (secondary N) is 3. The van der Waals surface area contributed by atoms with Crippen LogP contribution in [0.1, 0.15) is 5.56 Å². The van der Waals surface area contributed by atoms with Gasteiger partial charge in [0.05, 0.1) is 19.4 Å². The molecule has 204 valence electrons. The van der Waals surface area contributed by atoms with Gasteiger partial charge in [-0.15, -0.1) is 13.2 Å². The molecule has 40 heavy (non-hydrogen) atoms. The van der Waals surface area contributed by atoms with E-state index in [-0.39, 0.29) is 17.1 Å². The van der Waals surface area contributed by atoms with Crippen molar-refractivity contribution in [2.45, 2.75) is 17.3 Å². The fourth-order valence-corrected chi connectivity index (χ4v) is 4.28. The van der Waals surface area contributed by atoms with Crippen molar-refractivity contribution < 1.29 is 27.4 Å². The molecule has 1 heterocycles. The first-order valence-electron chi connectivity index (χ1n) is 11.5. The Hall–Kier alpha value is -4.96. The van der Waals surface area contributed by atoms with E-state index in [4.69, 9.17) is 11.3 Å². The molecule has 2 amide bonds. The minimum Gasteiger partial charge on any atom is -0.497 e. The lowest BCUT2D eigenvalue weighted by Gasteiger charge is -2.11. The third-order valence-corrected chi connectivity index (χ3v) is 6.21. The Morgan fingerprint density at radius 3 is 2.27 bits per heavy atom. The predicted octanol–water partition coefficient (Wildman–Crippen LogP) is 6.83. The summed E-state index contributed by atoms with van der Waals surface area (Å²) in [5.41, 5.74) is 1.81. The summed E-state index contributed by atoms with van der Waals surface area (Å²) >= 11 is 1.27. The highest BCUT2D eigenvalue weighted by Gasteiger charge is 2.31. The van der Waals surface area contributed by atoms with Crippen molar-refractivity contribution in [3.63, 3.8) is 0 Å². The topological polar surface area (TPSA) is 110 Å². The molecule has 0 saturated carbocycles. The van der Waals surface area contributed by atoms with E-state index >= 15 is 0 Å². The second-order valence-corrected chi connectivity index (χ2v) is 9.01. The van der Waals surface area contributed by atoms with Gasteiger partial charge in [-0.1, -0.05) is 36.0 Å². The maximum absolute atomic E-state index is 12.5. The number of aromatic nitrogens is 2. The summed E-state index contributed by atoms with van der Waals surface area (Å²) in [6.07, 6.45) is -4.80.